The van der Waals surface area contributed by atoms with E-state index >= 15 is 0 Å². The molecule has 0 fully saturated rings. The van der Waals surface area contributed by atoms with E-state index in [4.69, 9.17) is 5.26 Å². The smallest absolute Gasteiger partial charge is 0.237 e. The Morgan fingerprint density at radius 1 is 1.53 bits per heavy atom. The summed E-state index contributed by atoms with van der Waals surface area (Å²) in [5.41, 5.74) is 0.115. The molecular formula is C13H13FN2O. The number of rotatable bonds is 2. The summed E-state index contributed by atoms with van der Waals surface area (Å²) in [7, 11) is 1.64. The van der Waals surface area contributed by atoms with Crippen molar-refractivity contribution in [2.75, 3.05) is 11.9 Å². The van der Waals surface area contributed by atoms with E-state index in [1.807, 2.05) is 6.07 Å². The van der Waals surface area contributed by atoms with Crippen molar-refractivity contribution in [2.24, 2.45) is 0 Å². The maximum Gasteiger partial charge on any atom is 0.237 e. The molecule has 0 saturated heterocycles. The molecule has 0 bridgehead atoms. The normalized spacial score (nSPS) is 22.5. The van der Waals surface area contributed by atoms with Gasteiger partial charge in [0.1, 0.15) is 5.82 Å². The third kappa shape index (κ3) is 1.50. The van der Waals surface area contributed by atoms with Gasteiger partial charge in [0.2, 0.25) is 5.91 Å². The van der Waals surface area contributed by atoms with E-state index in [0.717, 1.165) is 0 Å². The number of fused-ring (bicyclic) bond motifs is 1. The summed E-state index contributed by atoms with van der Waals surface area (Å²) in [5, 5.41) is 8.64. The van der Waals surface area contributed by atoms with Crippen LogP contribution in [0.15, 0.2) is 18.2 Å². The first kappa shape index (κ1) is 11.6. The van der Waals surface area contributed by atoms with Gasteiger partial charge in [-0.15, -0.1) is 0 Å². The second-order valence-electron chi connectivity index (χ2n) is 4.49. The number of hydrogen-bond donors (Lipinski definition) is 0. The molecule has 88 valence electrons. The van der Waals surface area contributed by atoms with Crippen LogP contribution in [0.25, 0.3) is 0 Å². The lowest BCUT2D eigenvalue weighted by molar-refractivity contribution is -0.122. The van der Waals surface area contributed by atoms with Gasteiger partial charge in [-0.1, -0.05) is 6.07 Å². The average Bonchev–Trinajstić information content (AvgIpc) is 2.51. The van der Waals surface area contributed by atoms with Crippen molar-refractivity contribution in [3.8, 4) is 6.07 Å². The summed E-state index contributed by atoms with van der Waals surface area (Å²) in [6.07, 6.45) is 0.588. The molecule has 0 aliphatic carbocycles. The van der Waals surface area contributed by atoms with E-state index in [1.54, 1.807) is 26.1 Å². The van der Waals surface area contributed by atoms with Gasteiger partial charge in [0.15, 0.2) is 0 Å². The topological polar surface area (TPSA) is 44.1 Å². The molecule has 17 heavy (non-hydrogen) atoms. The second kappa shape index (κ2) is 3.85. The van der Waals surface area contributed by atoms with Crippen LogP contribution in [0.1, 0.15) is 25.3 Å². The molecule has 0 aromatic heterocycles. The number of amides is 1. The summed E-state index contributed by atoms with van der Waals surface area (Å²) in [6, 6.07) is 6.69. The molecule has 1 aromatic rings. The van der Waals surface area contributed by atoms with Crippen molar-refractivity contribution in [1.82, 2.24) is 0 Å². The Hall–Kier alpha value is -1.89. The largest absolute Gasteiger partial charge is 0.314 e. The first-order chi connectivity index (χ1) is 8.02. The van der Waals surface area contributed by atoms with Gasteiger partial charge in [-0.05, 0) is 25.5 Å². The maximum atomic E-state index is 13.9. The summed E-state index contributed by atoms with van der Waals surface area (Å²) in [5.74, 6) is -0.520. The fourth-order valence-corrected chi connectivity index (χ4v) is 2.46. The van der Waals surface area contributed by atoms with Gasteiger partial charge in [0.25, 0.3) is 0 Å². The number of carbonyl (C=O) groups is 1. The van der Waals surface area contributed by atoms with Crippen LogP contribution in [0.3, 0.4) is 0 Å². The van der Waals surface area contributed by atoms with Crippen LogP contribution in [0.5, 0.6) is 0 Å². The minimum Gasteiger partial charge on any atom is -0.314 e. The standard InChI is InChI=1S/C13H13FN2O/c1-13(7-4-8-15)11-9(14)5-3-6-10(11)16(2)12(13)17/h3,5-6H,4,7H2,1-2H3/t13-/m0/s1. The summed E-state index contributed by atoms with van der Waals surface area (Å²) in [4.78, 5) is 13.7. The molecule has 1 aliphatic rings. The van der Waals surface area contributed by atoms with E-state index in [-0.39, 0.29) is 18.1 Å². The predicted octanol–water partition coefficient (Wildman–Crippen LogP) is 2.36. The molecule has 0 saturated carbocycles. The van der Waals surface area contributed by atoms with Crippen LogP contribution in [0.4, 0.5) is 10.1 Å². The molecule has 0 N–H and O–H groups in total. The molecule has 1 amide bonds. The van der Waals surface area contributed by atoms with E-state index in [2.05, 4.69) is 0 Å². The number of hydrogen-bond acceptors (Lipinski definition) is 2. The third-order valence-electron chi connectivity index (χ3n) is 3.42. The van der Waals surface area contributed by atoms with E-state index in [1.165, 1.54) is 11.0 Å². The Morgan fingerprint density at radius 3 is 2.88 bits per heavy atom. The molecule has 1 aliphatic heterocycles. The van der Waals surface area contributed by atoms with Gasteiger partial charge in [0.05, 0.1) is 17.2 Å². The van der Waals surface area contributed by atoms with Crippen molar-refractivity contribution >= 4 is 11.6 Å². The van der Waals surface area contributed by atoms with Crippen LogP contribution in [-0.4, -0.2) is 13.0 Å². The number of benzene rings is 1. The number of nitrogens with zero attached hydrogens (tertiary/aromatic N) is 2. The minimum atomic E-state index is -0.912. The lowest BCUT2D eigenvalue weighted by atomic mass is 9.79. The number of halogens is 1. The van der Waals surface area contributed by atoms with Crippen LogP contribution < -0.4 is 4.90 Å². The molecular weight excluding hydrogens is 219 g/mol. The Morgan fingerprint density at radius 2 is 2.24 bits per heavy atom. The van der Waals surface area contributed by atoms with Crippen LogP contribution in [0, 0.1) is 17.1 Å². The average molecular weight is 232 g/mol. The molecule has 1 aromatic carbocycles. The van der Waals surface area contributed by atoms with Crippen molar-refractivity contribution < 1.29 is 9.18 Å². The molecule has 0 unspecified atom stereocenters. The fraction of sp³-hybridized carbons (Fsp3) is 0.385. The van der Waals surface area contributed by atoms with Gasteiger partial charge in [0, 0.05) is 19.0 Å². The summed E-state index contributed by atoms with van der Waals surface area (Å²) in [6.45, 7) is 1.71. The molecule has 4 heteroatoms. The number of nitriles is 1. The van der Waals surface area contributed by atoms with Gasteiger partial charge >= 0.3 is 0 Å². The van der Waals surface area contributed by atoms with Crippen LogP contribution in [0.2, 0.25) is 0 Å². The summed E-state index contributed by atoms with van der Waals surface area (Å²) < 4.78 is 13.9. The summed E-state index contributed by atoms with van der Waals surface area (Å²) >= 11 is 0. The second-order valence-corrected chi connectivity index (χ2v) is 4.49. The Balaban J connectivity index is 2.58. The van der Waals surface area contributed by atoms with Gasteiger partial charge in [-0.25, -0.2) is 4.39 Å². The lowest BCUT2D eigenvalue weighted by Gasteiger charge is -2.22. The van der Waals surface area contributed by atoms with Crippen LogP contribution >= 0.6 is 0 Å². The minimum absolute atomic E-state index is 0.146. The maximum absolute atomic E-state index is 13.9. The van der Waals surface area contributed by atoms with Crippen molar-refractivity contribution in [3.05, 3.63) is 29.6 Å². The fourth-order valence-electron chi connectivity index (χ4n) is 2.46. The number of anilines is 1. The quantitative estimate of drug-likeness (QED) is 0.785. The van der Waals surface area contributed by atoms with Gasteiger partial charge in [-0.3, -0.25) is 4.79 Å². The highest BCUT2D eigenvalue weighted by molar-refractivity contribution is 6.07. The highest BCUT2D eigenvalue weighted by Gasteiger charge is 2.47. The Kier molecular flexibility index (Phi) is 2.62. The molecule has 1 heterocycles. The number of likely N-dealkylation sites (N-methyl/N-ethyl adjacent to an activating group) is 1. The van der Waals surface area contributed by atoms with Gasteiger partial charge in [-0.2, -0.15) is 5.26 Å². The van der Waals surface area contributed by atoms with E-state index in [9.17, 15) is 9.18 Å². The molecule has 2 rings (SSSR count). The zero-order chi connectivity index (χ0) is 12.6. The van der Waals surface area contributed by atoms with Crippen LogP contribution in [-0.2, 0) is 10.2 Å². The van der Waals surface area contributed by atoms with Crippen molar-refractivity contribution in [3.63, 3.8) is 0 Å². The highest BCUT2D eigenvalue weighted by atomic mass is 19.1. The SMILES string of the molecule is CN1C(=O)[C@@](C)(CCC#N)c2c(F)cccc21. The third-order valence-corrected chi connectivity index (χ3v) is 3.42. The zero-order valence-electron chi connectivity index (χ0n) is 9.83. The molecule has 0 radical (unpaired) electrons. The van der Waals surface area contributed by atoms with E-state index in [0.29, 0.717) is 17.7 Å². The molecule has 1 atom stereocenters. The monoisotopic (exact) mass is 232 g/mol. The van der Waals surface area contributed by atoms with Crippen molar-refractivity contribution in [2.45, 2.75) is 25.2 Å². The zero-order valence-corrected chi connectivity index (χ0v) is 9.83. The lowest BCUT2D eigenvalue weighted by Crippen LogP contribution is -2.36. The van der Waals surface area contributed by atoms with E-state index < -0.39 is 5.41 Å². The number of carbonyl (C=O) groups excluding carboxylic acids is 1. The van der Waals surface area contributed by atoms with Crippen molar-refractivity contribution in [1.29, 1.82) is 5.26 Å². The predicted molar refractivity (Wildman–Crippen MR) is 62.0 cm³/mol. The first-order valence-electron chi connectivity index (χ1n) is 5.46. The van der Waals surface area contributed by atoms with Gasteiger partial charge < -0.3 is 4.90 Å². The molecule has 0 spiro atoms. The Bertz CT molecular complexity index is 521. The Labute approximate surface area is 99.5 Å². The first-order valence-corrected chi connectivity index (χ1v) is 5.46. The molecule has 3 nitrogen and oxygen atoms in total. The highest BCUT2D eigenvalue weighted by Crippen LogP contribution is 2.44.